The minimum atomic E-state index is -0.327. The summed E-state index contributed by atoms with van der Waals surface area (Å²) in [5, 5.41) is 0.638. The van der Waals surface area contributed by atoms with Crippen molar-refractivity contribution in [2.45, 2.75) is 59.4 Å². The molecule has 2 heterocycles. The van der Waals surface area contributed by atoms with Gasteiger partial charge < -0.3 is 4.74 Å². The second kappa shape index (κ2) is 6.67. The Labute approximate surface area is 145 Å². The van der Waals surface area contributed by atoms with Crippen LogP contribution in [-0.4, -0.2) is 22.1 Å². The van der Waals surface area contributed by atoms with Gasteiger partial charge in [-0.15, -0.1) is 11.3 Å². The van der Waals surface area contributed by atoms with E-state index in [1.54, 1.807) is 15.9 Å². The Kier molecular flexibility index (Phi) is 4.76. The van der Waals surface area contributed by atoms with Crippen LogP contribution in [0.1, 0.15) is 55.8 Å². The smallest absolute Gasteiger partial charge is 0.313 e. The lowest BCUT2D eigenvalue weighted by Gasteiger charge is -2.21. The Morgan fingerprint density at radius 3 is 2.88 bits per heavy atom. The summed E-state index contributed by atoms with van der Waals surface area (Å²) in [5.74, 6) is 0.559. The molecule has 0 amide bonds. The lowest BCUT2D eigenvalue weighted by Crippen LogP contribution is -2.27. The molecule has 0 N–H and O–H groups in total. The molecule has 0 saturated carbocycles. The van der Waals surface area contributed by atoms with Gasteiger partial charge in [0.05, 0.1) is 17.9 Å². The number of carbonyl (C=O) groups excluding carboxylic acids is 1. The van der Waals surface area contributed by atoms with Crippen LogP contribution in [0.15, 0.2) is 4.79 Å². The molecule has 1 unspecified atom stereocenters. The quantitative estimate of drug-likeness (QED) is 0.795. The van der Waals surface area contributed by atoms with Crippen LogP contribution in [0.2, 0.25) is 0 Å². The summed E-state index contributed by atoms with van der Waals surface area (Å²) in [6, 6.07) is 0. The fourth-order valence-corrected chi connectivity index (χ4v) is 4.79. The molecule has 5 nitrogen and oxygen atoms in total. The van der Waals surface area contributed by atoms with E-state index in [0.29, 0.717) is 24.5 Å². The number of carbonyl (C=O) groups is 1. The third kappa shape index (κ3) is 2.88. The number of nitrogens with zero attached hydrogens (tertiary/aromatic N) is 2. The first-order valence-corrected chi connectivity index (χ1v) is 9.45. The zero-order chi connectivity index (χ0) is 17.4. The second-order valence-corrected chi connectivity index (χ2v) is 7.87. The van der Waals surface area contributed by atoms with Crippen LogP contribution in [0.25, 0.3) is 10.2 Å². The fraction of sp³-hybridized carbons (Fsp3) is 0.611. The van der Waals surface area contributed by atoms with Gasteiger partial charge >= 0.3 is 5.97 Å². The average molecular weight is 348 g/mol. The molecule has 0 bridgehead atoms. The lowest BCUT2D eigenvalue weighted by molar-refractivity contribution is -0.145. The number of hydrogen-bond acceptors (Lipinski definition) is 5. The van der Waals surface area contributed by atoms with Crippen LogP contribution in [0.3, 0.4) is 0 Å². The number of rotatable bonds is 4. The van der Waals surface area contributed by atoms with Crippen LogP contribution in [0.5, 0.6) is 0 Å². The van der Waals surface area contributed by atoms with Crippen molar-refractivity contribution in [1.82, 2.24) is 9.55 Å². The van der Waals surface area contributed by atoms with E-state index < -0.39 is 0 Å². The van der Waals surface area contributed by atoms with E-state index in [0.717, 1.165) is 40.4 Å². The van der Waals surface area contributed by atoms with Gasteiger partial charge in [-0.05, 0) is 44.6 Å². The highest BCUT2D eigenvalue weighted by atomic mass is 32.1. The van der Waals surface area contributed by atoms with Gasteiger partial charge in [-0.1, -0.05) is 13.8 Å². The topological polar surface area (TPSA) is 61.2 Å². The summed E-state index contributed by atoms with van der Waals surface area (Å²) in [6.45, 7) is 8.86. The van der Waals surface area contributed by atoms with Gasteiger partial charge in [0, 0.05) is 11.4 Å². The van der Waals surface area contributed by atoms with Crippen molar-refractivity contribution < 1.29 is 9.53 Å². The molecule has 0 fully saturated rings. The molecule has 6 heteroatoms. The monoisotopic (exact) mass is 348 g/mol. The third-order valence-electron chi connectivity index (χ3n) is 4.48. The fourth-order valence-electron chi connectivity index (χ4n) is 3.48. The van der Waals surface area contributed by atoms with Crippen molar-refractivity contribution in [3.05, 3.63) is 26.6 Å². The van der Waals surface area contributed by atoms with Crippen LogP contribution in [0, 0.1) is 12.8 Å². The van der Waals surface area contributed by atoms with Gasteiger partial charge in [-0.2, -0.15) is 0 Å². The molecule has 0 aromatic carbocycles. The molecule has 1 aliphatic rings. The highest BCUT2D eigenvalue weighted by molar-refractivity contribution is 7.18. The molecular formula is C18H24N2O3S. The summed E-state index contributed by atoms with van der Waals surface area (Å²) in [5.41, 5.74) is 0.870. The predicted octanol–water partition coefficient (Wildman–Crippen LogP) is 3.41. The summed E-state index contributed by atoms with van der Waals surface area (Å²) < 4.78 is 7.00. The van der Waals surface area contributed by atoms with Crippen molar-refractivity contribution >= 4 is 27.5 Å². The maximum absolute atomic E-state index is 13.1. The van der Waals surface area contributed by atoms with Gasteiger partial charge in [0.15, 0.2) is 0 Å². The maximum Gasteiger partial charge on any atom is 0.313 e. The minimum Gasteiger partial charge on any atom is -0.466 e. The van der Waals surface area contributed by atoms with Gasteiger partial charge in [0.2, 0.25) is 0 Å². The molecule has 0 radical (unpaired) electrons. The van der Waals surface area contributed by atoms with E-state index in [1.165, 1.54) is 0 Å². The molecule has 3 rings (SSSR count). The summed E-state index contributed by atoms with van der Waals surface area (Å²) in [6.07, 6.45) is 2.60. The predicted molar refractivity (Wildman–Crippen MR) is 95.8 cm³/mol. The first-order valence-electron chi connectivity index (χ1n) is 8.63. The lowest BCUT2D eigenvalue weighted by atomic mass is 9.86. The van der Waals surface area contributed by atoms with Crippen LogP contribution < -0.4 is 5.56 Å². The molecule has 1 atom stereocenters. The standard InChI is InChI=1S/C18H24N2O3S/c1-5-23-18(22)12-7-6-8-13-14(12)15-16(24-13)19-11(4)20(17(15)21)9-10(2)3/h10,12H,5-9H2,1-4H3. The largest absolute Gasteiger partial charge is 0.466 e. The zero-order valence-corrected chi connectivity index (χ0v) is 15.5. The highest BCUT2D eigenvalue weighted by Crippen LogP contribution is 2.41. The highest BCUT2D eigenvalue weighted by Gasteiger charge is 2.33. The van der Waals surface area contributed by atoms with Crippen molar-refractivity contribution in [3.8, 4) is 0 Å². The van der Waals surface area contributed by atoms with E-state index in [9.17, 15) is 9.59 Å². The molecule has 0 spiro atoms. The minimum absolute atomic E-state index is 0.0140. The van der Waals surface area contributed by atoms with E-state index >= 15 is 0 Å². The van der Waals surface area contributed by atoms with E-state index in [1.807, 2.05) is 13.8 Å². The molecule has 0 aliphatic heterocycles. The number of esters is 1. The summed E-state index contributed by atoms with van der Waals surface area (Å²) in [4.78, 5) is 32.1. The number of aromatic nitrogens is 2. The third-order valence-corrected chi connectivity index (χ3v) is 5.64. The molecule has 1 aliphatic carbocycles. The van der Waals surface area contributed by atoms with Gasteiger partial charge in [-0.25, -0.2) is 4.98 Å². The zero-order valence-electron chi connectivity index (χ0n) is 14.7. The molecule has 24 heavy (non-hydrogen) atoms. The summed E-state index contributed by atoms with van der Waals surface area (Å²) >= 11 is 1.56. The Balaban J connectivity index is 2.22. The number of thiophene rings is 1. The normalized spacial score (nSPS) is 17.3. The number of hydrogen-bond donors (Lipinski definition) is 0. The molecule has 2 aromatic heterocycles. The Hall–Kier alpha value is -1.69. The van der Waals surface area contributed by atoms with E-state index in [4.69, 9.17) is 4.74 Å². The van der Waals surface area contributed by atoms with Crippen LogP contribution >= 0.6 is 11.3 Å². The Morgan fingerprint density at radius 1 is 1.46 bits per heavy atom. The average Bonchev–Trinajstić information content (AvgIpc) is 2.89. The van der Waals surface area contributed by atoms with Crippen molar-refractivity contribution in [1.29, 1.82) is 0 Å². The second-order valence-electron chi connectivity index (χ2n) is 6.78. The maximum atomic E-state index is 13.1. The number of fused-ring (bicyclic) bond motifs is 3. The Bertz CT molecular complexity index is 835. The van der Waals surface area contributed by atoms with Crippen molar-refractivity contribution in [2.75, 3.05) is 6.61 Å². The van der Waals surface area contributed by atoms with E-state index in [2.05, 4.69) is 18.8 Å². The first kappa shape index (κ1) is 17.1. The molecule has 2 aromatic rings. The molecular weight excluding hydrogens is 324 g/mol. The number of ether oxygens (including phenoxy) is 1. The SMILES string of the molecule is CCOC(=O)C1CCCc2sc3nc(C)n(CC(C)C)c(=O)c3c21. The number of aryl methyl sites for hydroxylation is 2. The van der Waals surface area contributed by atoms with Crippen LogP contribution in [0.4, 0.5) is 0 Å². The van der Waals surface area contributed by atoms with Gasteiger partial charge in [0.25, 0.3) is 5.56 Å². The van der Waals surface area contributed by atoms with Gasteiger partial charge in [0.1, 0.15) is 10.7 Å². The van der Waals surface area contributed by atoms with Gasteiger partial charge in [-0.3, -0.25) is 14.2 Å². The first-order chi connectivity index (χ1) is 11.4. The molecule has 130 valence electrons. The van der Waals surface area contributed by atoms with E-state index in [-0.39, 0.29) is 17.4 Å². The Morgan fingerprint density at radius 2 is 2.21 bits per heavy atom. The molecule has 0 saturated heterocycles. The van der Waals surface area contributed by atoms with Crippen LogP contribution in [-0.2, 0) is 22.5 Å². The van der Waals surface area contributed by atoms with Crippen molar-refractivity contribution in [2.24, 2.45) is 5.92 Å². The summed E-state index contributed by atoms with van der Waals surface area (Å²) in [7, 11) is 0. The van der Waals surface area contributed by atoms with Crippen molar-refractivity contribution in [3.63, 3.8) is 0 Å².